The minimum Gasteiger partial charge on any atom is -0.356 e. The molecule has 0 amide bonds. The van der Waals surface area contributed by atoms with E-state index in [9.17, 15) is 13.2 Å². The van der Waals surface area contributed by atoms with Crippen LogP contribution in [0.15, 0.2) is 6.07 Å². The lowest BCUT2D eigenvalue weighted by atomic mass is 10.1. The van der Waals surface area contributed by atoms with Crippen LogP contribution in [0.2, 0.25) is 0 Å². The molecule has 5 nitrogen and oxygen atoms in total. The van der Waals surface area contributed by atoms with Gasteiger partial charge >= 0.3 is 6.18 Å². The van der Waals surface area contributed by atoms with Gasteiger partial charge in [0.05, 0.1) is 0 Å². The Morgan fingerprint density at radius 1 is 1.13 bits per heavy atom. The summed E-state index contributed by atoms with van der Waals surface area (Å²) < 4.78 is 39.9. The highest BCUT2D eigenvalue weighted by molar-refractivity contribution is 5.48. The van der Waals surface area contributed by atoms with Gasteiger partial charge in [0, 0.05) is 24.8 Å². The van der Waals surface area contributed by atoms with Crippen LogP contribution in [0.4, 0.5) is 19.0 Å². The minimum atomic E-state index is -4.57. The number of rotatable bonds is 2. The molecule has 1 aliphatic rings. The number of hydrogen-bond acceptors (Lipinski definition) is 4. The summed E-state index contributed by atoms with van der Waals surface area (Å²) in [7, 11) is 1.92. The van der Waals surface area contributed by atoms with E-state index in [0.29, 0.717) is 17.6 Å². The van der Waals surface area contributed by atoms with E-state index in [1.54, 1.807) is 13.0 Å². The van der Waals surface area contributed by atoms with Crippen LogP contribution in [0.25, 0.3) is 5.78 Å². The molecule has 0 unspecified atom stereocenters. The standard InChI is InChI=1S/C15H20F3N5/c1-10-9-12(22(2)11-7-5-3-4-6-8-11)23-14(19-10)20-13(21-23)15(16,17)18/h9,11H,3-8H2,1-2H3. The van der Waals surface area contributed by atoms with Crippen molar-refractivity contribution >= 4 is 11.6 Å². The van der Waals surface area contributed by atoms with Crippen LogP contribution in [0.3, 0.4) is 0 Å². The van der Waals surface area contributed by atoms with E-state index < -0.39 is 12.0 Å². The lowest BCUT2D eigenvalue weighted by Gasteiger charge is -2.29. The van der Waals surface area contributed by atoms with Gasteiger partial charge in [-0.2, -0.15) is 22.7 Å². The molecule has 0 aliphatic heterocycles. The highest BCUT2D eigenvalue weighted by atomic mass is 19.4. The molecule has 3 rings (SSSR count). The maximum absolute atomic E-state index is 12.9. The monoisotopic (exact) mass is 327 g/mol. The van der Waals surface area contributed by atoms with Crippen molar-refractivity contribution < 1.29 is 13.2 Å². The quantitative estimate of drug-likeness (QED) is 0.791. The topological polar surface area (TPSA) is 46.3 Å². The molecule has 126 valence electrons. The molecule has 0 atom stereocenters. The Morgan fingerprint density at radius 3 is 2.39 bits per heavy atom. The molecule has 23 heavy (non-hydrogen) atoms. The predicted octanol–water partition coefficient (Wildman–Crippen LogP) is 3.61. The van der Waals surface area contributed by atoms with Crippen LogP contribution < -0.4 is 4.90 Å². The van der Waals surface area contributed by atoms with Gasteiger partial charge in [-0.1, -0.05) is 25.7 Å². The lowest BCUT2D eigenvalue weighted by molar-refractivity contribution is -0.144. The van der Waals surface area contributed by atoms with E-state index in [1.807, 2.05) is 11.9 Å². The first-order valence-corrected chi connectivity index (χ1v) is 7.91. The van der Waals surface area contributed by atoms with Gasteiger partial charge in [-0.15, -0.1) is 5.10 Å². The van der Waals surface area contributed by atoms with Gasteiger partial charge < -0.3 is 4.90 Å². The highest BCUT2D eigenvalue weighted by Crippen LogP contribution is 2.29. The van der Waals surface area contributed by atoms with E-state index in [0.717, 1.165) is 25.7 Å². The number of anilines is 1. The molecule has 2 aromatic rings. The van der Waals surface area contributed by atoms with Gasteiger partial charge in [0.15, 0.2) is 0 Å². The summed E-state index contributed by atoms with van der Waals surface area (Å²) in [6.45, 7) is 1.76. The van der Waals surface area contributed by atoms with Crippen LogP contribution in [0.5, 0.6) is 0 Å². The number of halogens is 3. The van der Waals surface area contributed by atoms with Crippen LogP contribution in [0.1, 0.15) is 50.0 Å². The molecule has 0 spiro atoms. The average Bonchev–Trinajstić information content (AvgIpc) is 2.73. The van der Waals surface area contributed by atoms with Gasteiger partial charge in [-0.05, 0) is 19.8 Å². The Labute approximate surface area is 132 Å². The summed E-state index contributed by atoms with van der Waals surface area (Å²) >= 11 is 0. The smallest absolute Gasteiger partial charge is 0.356 e. The van der Waals surface area contributed by atoms with Crippen molar-refractivity contribution in [2.24, 2.45) is 0 Å². The summed E-state index contributed by atoms with van der Waals surface area (Å²) in [5.41, 5.74) is 0.633. The number of nitrogens with zero attached hydrogens (tertiary/aromatic N) is 5. The summed E-state index contributed by atoms with van der Waals surface area (Å²) in [4.78, 5) is 9.65. The third kappa shape index (κ3) is 3.25. The maximum atomic E-state index is 12.9. The summed E-state index contributed by atoms with van der Waals surface area (Å²) in [6, 6.07) is 2.08. The van der Waals surface area contributed by atoms with Crippen molar-refractivity contribution in [3.05, 3.63) is 17.6 Å². The molecule has 0 radical (unpaired) electrons. The summed E-state index contributed by atoms with van der Waals surface area (Å²) in [5, 5.41) is 3.64. The molecular formula is C15H20F3N5. The van der Waals surface area contributed by atoms with Crippen molar-refractivity contribution in [3.8, 4) is 0 Å². The molecule has 2 aromatic heterocycles. The number of hydrogen-bond donors (Lipinski definition) is 0. The van der Waals surface area contributed by atoms with E-state index in [1.165, 1.54) is 17.4 Å². The number of aromatic nitrogens is 4. The number of aryl methyl sites for hydroxylation is 1. The summed E-state index contributed by atoms with van der Waals surface area (Å²) in [5.74, 6) is -0.540. The SMILES string of the molecule is Cc1cc(N(C)C2CCCCCC2)n2nc(C(F)(F)F)nc2n1. The Hall–Kier alpha value is -1.86. The van der Waals surface area contributed by atoms with Crippen molar-refractivity contribution in [2.75, 3.05) is 11.9 Å². The fourth-order valence-corrected chi connectivity index (χ4v) is 3.17. The van der Waals surface area contributed by atoms with Gasteiger partial charge in [-0.25, -0.2) is 4.98 Å². The number of alkyl halides is 3. The predicted molar refractivity (Wildman–Crippen MR) is 80.4 cm³/mol. The fourth-order valence-electron chi connectivity index (χ4n) is 3.17. The first-order chi connectivity index (χ1) is 10.9. The molecule has 0 N–H and O–H groups in total. The van der Waals surface area contributed by atoms with E-state index in [-0.39, 0.29) is 5.78 Å². The fraction of sp³-hybridized carbons (Fsp3) is 0.667. The number of fused-ring (bicyclic) bond motifs is 1. The van der Waals surface area contributed by atoms with Crippen molar-refractivity contribution in [1.82, 2.24) is 19.6 Å². The Kier molecular flexibility index (Phi) is 4.16. The average molecular weight is 327 g/mol. The molecule has 8 heteroatoms. The van der Waals surface area contributed by atoms with Gasteiger partial charge in [0.25, 0.3) is 11.6 Å². The molecule has 0 aromatic carbocycles. The third-order valence-electron chi connectivity index (χ3n) is 4.41. The van der Waals surface area contributed by atoms with Crippen LogP contribution in [-0.4, -0.2) is 32.7 Å². The first kappa shape index (κ1) is 16.0. The second-order valence-corrected chi connectivity index (χ2v) is 6.16. The molecule has 1 aliphatic carbocycles. The second-order valence-electron chi connectivity index (χ2n) is 6.16. The molecular weight excluding hydrogens is 307 g/mol. The van der Waals surface area contributed by atoms with E-state index in [2.05, 4.69) is 15.1 Å². The largest absolute Gasteiger partial charge is 0.453 e. The van der Waals surface area contributed by atoms with Crippen LogP contribution in [0, 0.1) is 6.92 Å². The zero-order chi connectivity index (χ0) is 16.6. The van der Waals surface area contributed by atoms with Gasteiger partial charge in [-0.3, -0.25) is 0 Å². The Morgan fingerprint density at radius 2 is 1.78 bits per heavy atom. The molecule has 0 saturated heterocycles. The Balaban J connectivity index is 2.03. The second kappa shape index (κ2) is 5.98. The minimum absolute atomic E-state index is 0.00667. The van der Waals surface area contributed by atoms with Gasteiger partial charge in [0.1, 0.15) is 5.82 Å². The van der Waals surface area contributed by atoms with Gasteiger partial charge in [0.2, 0.25) is 0 Å². The molecule has 2 heterocycles. The normalized spacial score (nSPS) is 17.4. The highest BCUT2D eigenvalue weighted by Gasteiger charge is 2.37. The van der Waals surface area contributed by atoms with Crippen LogP contribution >= 0.6 is 0 Å². The maximum Gasteiger partial charge on any atom is 0.453 e. The third-order valence-corrected chi connectivity index (χ3v) is 4.41. The zero-order valence-corrected chi connectivity index (χ0v) is 13.3. The molecule has 1 fully saturated rings. The van der Waals surface area contributed by atoms with E-state index >= 15 is 0 Å². The van der Waals surface area contributed by atoms with Crippen LogP contribution in [-0.2, 0) is 6.18 Å². The van der Waals surface area contributed by atoms with Crippen molar-refractivity contribution in [1.29, 1.82) is 0 Å². The lowest BCUT2D eigenvalue weighted by Crippen LogP contribution is -2.33. The van der Waals surface area contributed by atoms with Crippen molar-refractivity contribution in [2.45, 2.75) is 57.7 Å². The van der Waals surface area contributed by atoms with Crippen molar-refractivity contribution in [3.63, 3.8) is 0 Å². The molecule has 0 bridgehead atoms. The zero-order valence-electron chi connectivity index (χ0n) is 13.3. The van der Waals surface area contributed by atoms with E-state index in [4.69, 9.17) is 0 Å². The summed E-state index contributed by atoms with van der Waals surface area (Å²) in [6.07, 6.45) is 2.24. The first-order valence-electron chi connectivity index (χ1n) is 7.91. The molecule has 1 saturated carbocycles. The Bertz CT molecular complexity index is 686.